The number of carbonyl (C=O) groups excluding carboxylic acids is 4. The van der Waals surface area contributed by atoms with Crippen LogP contribution in [0.1, 0.15) is 54.0 Å². The van der Waals surface area contributed by atoms with E-state index >= 15 is 0 Å². The number of nitrogens with zero attached hydrogens (tertiary/aromatic N) is 2. The van der Waals surface area contributed by atoms with E-state index in [1.54, 1.807) is 65.8 Å². The third-order valence-corrected chi connectivity index (χ3v) is 5.61. The number of esters is 1. The highest BCUT2D eigenvalue weighted by atomic mass is 35.5. The van der Waals surface area contributed by atoms with E-state index in [2.05, 4.69) is 5.32 Å². The molecule has 1 aliphatic rings. The quantitative estimate of drug-likeness (QED) is 0.417. The van der Waals surface area contributed by atoms with Gasteiger partial charge in [0.25, 0.3) is 5.91 Å². The van der Waals surface area contributed by atoms with Gasteiger partial charge >= 0.3 is 12.1 Å². The molecule has 3 amide bonds. The van der Waals surface area contributed by atoms with E-state index in [0.717, 1.165) is 5.56 Å². The lowest BCUT2D eigenvalue weighted by molar-refractivity contribution is -0.173. The van der Waals surface area contributed by atoms with Crippen LogP contribution in [0.5, 0.6) is 0 Å². The molecule has 10 nitrogen and oxygen atoms in total. The van der Waals surface area contributed by atoms with Crippen molar-refractivity contribution in [3.05, 3.63) is 34.9 Å². The van der Waals surface area contributed by atoms with Gasteiger partial charge in [-0.2, -0.15) is 0 Å². The Balaban J connectivity index is 2.32. The van der Waals surface area contributed by atoms with Crippen molar-refractivity contribution >= 4 is 35.5 Å². The van der Waals surface area contributed by atoms with Crippen molar-refractivity contribution in [2.45, 2.75) is 72.8 Å². The molecule has 1 aromatic rings. The van der Waals surface area contributed by atoms with E-state index < -0.39 is 47.0 Å². The molecular formula is C26H38ClN3O7. The normalized spacial score (nSPS) is 17.0. The zero-order valence-corrected chi connectivity index (χ0v) is 23.4. The first kappa shape index (κ1) is 30.4. The molecule has 0 radical (unpaired) electrons. The minimum Gasteiger partial charge on any atom is -0.452 e. The summed E-state index contributed by atoms with van der Waals surface area (Å²) in [5.74, 6) is -1.51. The summed E-state index contributed by atoms with van der Waals surface area (Å²) in [5.41, 5.74) is -0.688. The van der Waals surface area contributed by atoms with Gasteiger partial charge in [0, 0.05) is 30.5 Å². The molecule has 0 saturated carbocycles. The van der Waals surface area contributed by atoms with E-state index in [1.807, 2.05) is 0 Å². The molecule has 0 aromatic heterocycles. The van der Waals surface area contributed by atoms with Gasteiger partial charge in [-0.1, -0.05) is 44.5 Å². The number of benzene rings is 1. The smallest absolute Gasteiger partial charge is 0.409 e. The molecule has 37 heavy (non-hydrogen) atoms. The van der Waals surface area contributed by atoms with E-state index in [9.17, 15) is 19.2 Å². The molecule has 206 valence electrons. The summed E-state index contributed by atoms with van der Waals surface area (Å²) < 4.78 is 16.2. The average Bonchev–Trinajstić information content (AvgIpc) is 2.77. The standard InChI is InChI=1S/C26H38ClN3O7/c1-17(31)36-21(25(2,3)4)23(33)30-11-12-35-15-20(30)22(32)29(14-18-9-8-10-19(27)13-18)16-28-24(34)37-26(5,6)7/h8-10,13,20-21H,11-12,14-16H2,1-7H3,(H,28,34). The molecule has 1 N–H and O–H groups in total. The van der Waals surface area contributed by atoms with Crippen LogP contribution in [-0.2, 0) is 35.1 Å². The third-order valence-electron chi connectivity index (χ3n) is 5.38. The minimum absolute atomic E-state index is 0.0417. The number of rotatable bonds is 7. The Bertz CT molecular complexity index is 987. The van der Waals surface area contributed by atoms with Crippen molar-refractivity contribution in [2.75, 3.05) is 26.4 Å². The molecule has 0 spiro atoms. The van der Waals surface area contributed by atoms with Crippen molar-refractivity contribution in [3.8, 4) is 0 Å². The minimum atomic E-state index is -1.08. The number of hydrogen-bond acceptors (Lipinski definition) is 7. The average molecular weight is 540 g/mol. The summed E-state index contributed by atoms with van der Waals surface area (Å²) >= 11 is 6.13. The van der Waals surface area contributed by atoms with E-state index in [4.69, 9.17) is 25.8 Å². The van der Waals surface area contributed by atoms with Crippen LogP contribution in [0.4, 0.5) is 4.79 Å². The fraction of sp³-hybridized carbons (Fsp3) is 0.615. The Kier molecular flexibility index (Phi) is 10.3. The highest BCUT2D eigenvalue weighted by Gasteiger charge is 2.43. The number of halogens is 1. The van der Waals surface area contributed by atoms with Gasteiger partial charge in [0.1, 0.15) is 11.6 Å². The molecule has 2 rings (SSSR count). The van der Waals surface area contributed by atoms with Gasteiger partial charge in [-0.3, -0.25) is 14.4 Å². The van der Waals surface area contributed by atoms with E-state index in [-0.39, 0.29) is 33.0 Å². The summed E-state index contributed by atoms with van der Waals surface area (Å²) in [7, 11) is 0. The fourth-order valence-corrected chi connectivity index (χ4v) is 3.95. The predicted octanol–water partition coefficient (Wildman–Crippen LogP) is 3.36. The maximum atomic E-state index is 13.8. The molecule has 0 bridgehead atoms. The van der Waals surface area contributed by atoms with Crippen LogP contribution < -0.4 is 5.32 Å². The van der Waals surface area contributed by atoms with Gasteiger partial charge in [0.15, 0.2) is 6.10 Å². The molecule has 2 atom stereocenters. The van der Waals surface area contributed by atoms with Gasteiger partial charge in [0.2, 0.25) is 5.91 Å². The molecule has 2 unspecified atom stereocenters. The summed E-state index contributed by atoms with van der Waals surface area (Å²) in [6.45, 7) is 12.1. The molecule has 1 aliphatic heterocycles. The van der Waals surface area contributed by atoms with Crippen molar-refractivity contribution in [1.29, 1.82) is 0 Å². The van der Waals surface area contributed by atoms with Gasteiger partial charge in [-0.05, 0) is 38.5 Å². The maximum absolute atomic E-state index is 13.8. The predicted molar refractivity (Wildman–Crippen MR) is 138 cm³/mol. The summed E-state index contributed by atoms with van der Waals surface area (Å²) in [5, 5.41) is 3.11. The van der Waals surface area contributed by atoms with Crippen LogP contribution in [0.3, 0.4) is 0 Å². The largest absolute Gasteiger partial charge is 0.452 e. The lowest BCUT2D eigenvalue weighted by atomic mass is 9.87. The highest BCUT2D eigenvalue weighted by molar-refractivity contribution is 6.30. The molecule has 1 fully saturated rings. The van der Waals surface area contributed by atoms with Gasteiger partial charge in [-0.25, -0.2) is 4.79 Å². The van der Waals surface area contributed by atoms with Gasteiger partial charge in [0.05, 0.1) is 19.9 Å². The SMILES string of the molecule is CC(=O)OC(C(=O)N1CCOCC1C(=O)N(CNC(=O)OC(C)(C)C)Cc1cccc(Cl)c1)C(C)(C)C. The second-order valence-corrected chi connectivity index (χ2v) is 11.4. The Labute approximate surface area is 223 Å². The molecule has 1 heterocycles. The van der Waals surface area contributed by atoms with Crippen LogP contribution >= 0.6 is 11.6 Å². The lowest BCUT2D eigenvalue weighted by Crippen LogP contribution is -2.61. The number of carbonyl (C=O) groups is 4. The Hall–Kier alpha value is -2.85. The number of alkyl carbamates (subject to hydrolysis) is 1. The Morgan fingerprint density at radius 2 is 1.86 bits per heavy atom. The topological polar surface area (TPSA) is 114 Å². The van der Waals surface area contributed by atoms with Crippen LogP contribution in [0.2, 0.25) is 5.02 Å². The first-order valence-electron chi connectivity index (χ1n) is 12.1. The van der Waals surface area contributed by atoms with Crippen molar-refractivity contribution in [2.24, 2.45) is 5.41 Å². The molecular weight excluding hydrogens is 502 g/mol. The van der Waals surface area contributed by atoms with Crippen LogP contribution in [0, 0.1) is 5.41 Å². The lowest BCUT2D eigenvalue weighted by Gasteiger charge is -2.41. The van der Waals surface area contributed by atoms with E-state index in [0.29, 0.717) is 5.02 Å². The van der Waals surface area contributed by atoms with Crippen molar-refractivity contribution < 1.29 is 33.4 Å². The monoisotopic (exact) mass is 539 g/mol. The molecule has 1 saturated heterocycles. The van der Waals surface area contributed by atoms with Crippen molar-refractivity contribution in [1.82, 2.24) is 15.1 Å². The van der Waals surface area contributed by atoms with Gasteiger partial charge < -0.3 is 29.3 Å². The number of hydrogen-bond donors (Lipinski definition) is 1. The summed E-state index contributed by atoms with van der Waals surface area (Å²) in [6, 6.07) is 6.00. The first-order chi connectivity index (χ1) is 17.1. The van der Waals surface area contributed by atoms with Crippen molar-refractivity contribution in [3.63, 3.8) is 0 Å². The first-order valence-corrected chi connectivity index (χ1v) is 12.5. The zero-order chi connectivity index (χ0) is 28.0. The van der Waals surface area contributed by atoms with Crippen LogP contribution in [0.15, 0.2) is 24.3 Å². The Morgan fingerprint density at radius 3 is 2.43 bits per heavy atom. The number of ether oxygens (including phenoxy) is 3. The van der Waals surface area contributed by atoms with Crippen LogP contribution in [0.25, 0.3) is 0 Å². The summed E-state index contributed by atoms with van der Waals surface area (Å²) in [6.07, 6.45) is -1.77. The number of amides is 3. The van der Waals surface area contributed by atoms with E-state index in [1.165, 1.54) is 16.7 Å². The second-order valence-electron chi connectivity index (χ2n) is 11.0. The number of nitrogens with one attached hydrogen (secondary N) is 1. The second kappa shape index (κ2) is 12.6. The highest BCUT2D eigenvalue weighted by Crippen LogP contribution is 2.26. The number of morpholine rings is 1. The fourth-order valence-electron chi connectivity index (χ4n) is 3.74. The summed E-state index contributed by atoms with van der Waals surface area (Å²) in [4.78, 5) is 54.2. The Morgan fingerprint density at radius 1 is 1.19 bits per heavy atom. The van der Waals surface area contributed by atoms with Crippen LogP contribution in [-0.4, -0.2) is 77.9 Å². The molecule has 0 aliphatic carbocycles. The third kappa shape index (κ3) is 9.51. The zero-order valence-electron chi connectivity index (χ0n) is 22.6. The molecule has 1 aromatic carbocycles. The maximum Gasteiger partial charge on any atom is 0.409 e. The molecule has 11 heteroatoms. The van der Waals surface area contributed by atoms with Gasteiger partial charge in [-0.15, -0.1) is 0 Å².